The van der Waals surface area contributed by atoms with E-state index in [2.05, 4.69) is 5.32 Å². The average Bonchev–Trinajstić information content (AvgIpc) is 2.75. The van der Waals surface area contributed by atoms with E-state index in [9.17, 15) is 13.2 Å². The van der Waals surface area contributed by atoms with Gasteiger partial charge in [-0.2, -0.15) is 0 Å². The summed E-state index contributed by atoms with van der Waals surface area (Å²) >= 11 is 12.2. The Morgan fingerprint density at radius 3 is 2.28 bits per heavy atom. The number of amides is 1. The van der Waals surface area contributed by atoms with Gasteiger partial charge < -0.3 is 5.32 Å². The molecule has 0 heterocycles. The summed E-state index contributed by atoms with van der Waals surface area (Å²) in [6, 6.07) is 16.7. The fourth-order valence-electron chi connectivity index (χ4n) is 3.30. The number of nitrogens with zero attached hydrogens (tertiary/aromatic N) is 1. The average molecular weight is 491 g/mol. The summed E-state index contributed by atoms with van der Waals surface area (Å²) in [6.07, 6.45) is 0.732. The molecule has 0 radical (unpaired) electrons. The first-order valence-corrected chi connectivity index (χ1v) is 12.3. The van der Waals surface area contributed by atoms with Gasteiger partial charge in [-0.15, -0.1) is 0 Å². The number of para-hydroxylation sites is 1. The fourth-order valence-corrected chi connectivity index (χ4v) is 5.01. The van der Waals surface area contributed by atoms with E-state index < -0.39 is 22.5 Å². The van der Waals surface area contributed by atoms with Crippen LogP contribution in [0.25, 0.3) is 0 Å². The summed E-state index contributed by atoms with van der Waals surface area (Å²) in [5.74, 6) is -0.462. The Balaban J connectivity index is 2.00. The minimum atomic E-state index is -4.04. The van der Waals surface area contributed by atoms with Crippen molar-refractivity contribution >= 4 is 50.5 Å². The lowest BCUT2D eigenvalue weighted by Crippen LogP contribution is -2.38. The molecule has 0 aliphatic heterocycles. The third-order valence-corrected chi connectivity index (χ3v) is 7.62. The van der Waals surface area contributed by atoms with Crippen LogP contribution in [0.2, 0.25) is 10.0 Å². The first-order chi connectivity index (χ1) is 15.1. The molecule has 0 aliphatic carbocycles. The highest BCUT2D eigenvalue weighted by Crippen LogP contribution is 2.31. The molecule has 0 unspecified atom stereocenters. The number of hydrogen-bond donors (Lipinski definition) is 1. The van der Waals surface area contributed by atoms with Gasteiger partial charge in [-0.1, -0.05) is 66.0 Å². The van der Waals surface area contributed by atoms with Crippen molar-refractivity contribution in [2.24, 2.45) is 0 Å². The van der Waals surface area contributed by atoms with E-state index in [1.165, 1.54) is 30.3 Å². The summed E-state index contributed by atoms with van der Waals surface area (Å²) in [7, 11) is -4.04. The molecule has 0 spiro atoms. The highest BCUT2D eigenvalue weighted by atomic mass is 35.5. The van der Waals surface area contributed by atoms with Crippen LogP contribution in [0.4, 0.5) is 11.4 Å². The number of carbonyl (C=O) groups excluding carboxylic acids is 1. The van der Waals surface area contributed by atoms with E-state index >= 15 is 0 Å². The zero-order chi connectivity index (χ0) is 23.5. The van der Waals surface area contributed by atoms with Crippen molar-refractivity contribution in [3.63, 3.8) is 0 Å². The predicted molar refractivity (Wildman–Crippen MR) is 131 cm³/mol. The van der Waals surface area contributed by atoms with Crippen LogP contribution in [-0.4, -0.2) is 20.9 Å². The second-order valence-electron chi connectivity index (χ2n) is 7.43. The van der Waals surface area contributed by atoms with Gasteiger partial charge in [0.15, 0.2) is 0 Å². The zero-order valence-corrected chi connectivity index (χ0v) is 20.4. The van der Waals surface area contributed by atoms with Crippen molar-refractivity contribution in [3.05, 3.63) is 87.4 Å². The number of hydrogen-bond acceptors (Lipinski definition) is 3. The highest BCUT2D eigenvalue weighted by molar-refractivity contribution is 7.92. The topological polar surface area (TPSA) is 66.5 Å². The molecule has 0 saturated carbocycles. The fraction of sp³-hybridized carbons (Fsp3) is 0.208. The van der Waals surface area contributed by atoms with Gasteiger partial charge in [0.05, 0.1) is 20.6 Å². The molecular weight excluding hydrogens is 467 g/mol. The summed E-state index contributed by atoms with van der Waals surface area (Å²) in [4.78, 5) is 13.1. The molecule has 1 amide bonds. The molecule has 1 N–H and O–H groups in total. The van der Waals surface area contributed by atoms with Crippen LogP contribution < -0.4 is 9.62 Å². The number of carbonyl (C=O) groups is 1. The molecule has 32 heavy (non-hydrogen) atoms. The minimum Gasteiger partial charge on any atom is -0.324 e. The Morgan fingerprint density at radius 1 is 0.969 bits per heavy atom. The molecule has 0 bridgehead atoms. The third kappa shape index (κ3) is 5.26. The Hall–Kier alpha value is -2.54. The molecule has 3 aromatic rings. The molecule has 0 atom stereocenters. The highest BCUT2D eigenvalue weighted by Gasteiger charge is 2.28. The first-order valence-electron chi connectivity index (χ1n) is 10.1. The Kier molecular flexibility index (Phi) is 7.49. The molecule has 3 rings (SSSR count). The van der Waals surface area contributed by atoms with E-state index in [-0.39, 0.29) is 15.6 Å². The monoisotopic (exact) mass is 490 g/mol. The van der Waals surface area contributed by atoms with Crippen molar-refractivity contribution < 1.29 is 13.2 Å². The summed E-state index contributed by atoms with van der Waals surface area (Å²) in [5.41, 5.74) is 3.74. The molecule has 0 saturated heterocycles. The minimum absolute atomic E-state index is 0.0760. The van der Waals surface area contributed by atoms with Gasteiger partial charge in [0.2, 0.25) is 5.91 Å². The van der Waals surface area contributed by atoms with Crippen LogP contribution in [0.1, 0.15) is 23.6 Å². The standard InChI is InChI=1S/C24H24Cl2N2O3S/c1-4-18-7-5-6-17(3)24(18)27-23(29)15-28(19-10-13-21(25)22(26)14-19)32(30,31)20-11-8-16(2)9-12-20/h5-14H,4,15H2,1-3H3,(H,27,29). The van der Waals surface area contributed by atoms with Crippen LogP contribution >= 0.6 is 23.2 Å². The summed E-state index contributed by atoms with van der Waals surface area (Å²) < 4.78 is 28.0. The largest absolute Gasteiger partial charge is 0.324 e. The molecule has 0 aliphatic rings. The molecule has 5 nitrogen and oxygen atoms in total. The van der Waals surface area contributed by atoms with Crippen LogP contribution in [0.5, 0.6) is 0 Å². The third-order valence-electron chi connectivity index (χ3n) is 5.09. The first kappa shape index (κ1) is 24.1. The van der Waals surface area contributed by atoms with Crippen molar-refractivity contribution in [2.45, 2.75) is 32.1 Å². The van der Waals surface area contributed by atoms with Crippen molar-refractivity contribution in [1.29, 1.82) is 0 Å². The number of sulfonamides is 1. The van der Waals surface area contributed by atoms with Gasteiger partial charge in [-0.3, -0.25) is 9.10 Å². The van der Waals surface area contributed by atoms with Crippen molar-refractivity contribution in [3.8, 4) is 0 Å². The zero-order valence-electron chi connectivity index (χ0n) is 18.0. The second kappa shape index (κ2) is 9.94. The lowest BCUT2D eigenvalue weighted by Gasteiger charge is -2.25. The maximum atomic E-state index is 13.5. The van der Waals surface area contributed by atoms with Gasteiger partial charge in [0.1, 0.15) is 6.54 Å². The quantitative estimate of drug-likeness (QED) is 0.441. The molecule has 168 valence electrons. The Morgan fingerprint density at radius 2 is 1.66 bits per heavy atom. The van der Waals surface area contributed by atoms with E-state index in [1.54, 1.807) is 12.1 Å². The Labute approximate surface area is 199 Å². The van der Waals surface area contributed by atoms with Crippen LogP contribution in [0, 0.1) is 13.8 Å². The normalized spacial score (nSPS) is 11.3. The number of nitrogens with one attached hydrogen (secondary N) is 1. The summed E-state index contributed by atoms with van der Waals surface area (Å²) in [5, 5.41) is 3.37. The van der Waals surface area contributed by atoms with E-state index in [0.717, 1.165) is 27.4 Å². The number of aryl methyl sites for hydroxylation is 3. The number of benzene rings is 3. The van der Waals surface area contributed by atoms with E-state index in [4.69, 9.17) is 23.2 Å². The second-order valence-corrected chi connectivity index (χ2v) is 10.1. The smallest absolute Gasteiger partial charge is 0.264 e. The van der Waals surface area contributed by atoms with E-state index in [0.29, 0.717) is 10.7 Å². The van der Waals surface area contributed by atoms with Gasteiger partial charge in [-0.05, 0) is 61.7 Å². The summed E-state index contributed by atoms with van der Waals surface area (Å²) in [6.45, 7) is 5.34. The van der Waals surface area contributed by atoms with Crippen LogP contribution in [-0.2, 0) is 21.2 Å². The van der Waals surface area contributed by atoms with Crippen molar-refractivity contribution in [2.75, 3.05) is 16.2 Å². The number of rotatable bonds is 7. The van der Waals surface area contributed by atoms with Crippen LogP contribution in [0.3, 0.4) is 0 Å². The van der Waals surface area contributed by atoms with Crippen molar-refractivity contribution in [1.82, 2.24) is 0 Å². The van der Waals surface area contributed by atoms with Gasteiger partial charge >= 0.3 is 0 Å². The van der Waals surface area contributed by atoms with Gasteiger partial charge in [0, 0.05) is 5.69 Å². The van der Waals surface area contributed by atoms with Gasteiger partial charge in [0.25, 0.3) is 10.0 Å². The lowest BCUT2D eigenvalue weighted by molar-refractivity contribution is -0.114. The molecule has 0 aromatic heterocycles. The SMILES string of the molecule is CCc1cccc(C)c1NC(=O)CN(c1ccc(Cl)c(Cl)c1)S(=O)(=O)c1ccc(C)cc1. The van der Waals surface area contributed by atoms with Gasteiger partial charge in [-0.25, -0.2) is 8.42 Å². The predicted octanol–water partition coefficient (Wildman–Crippen LogP) is 6.01. The Bertz CT molecular complexity index is 1240. The molecule has 0 fully saturated rings. The molecule has 3 aromatic carbocycles. The lowest BCUT2D eigenvalue weighted by atomic mass is 10.1. The van der Waals surface area contributed by atoms with E-state index in [1.807, 2.05) is 39.0 Å². The molecular formula is C24H24Cl2N2O3S. The van der Waals surface area contributed by atoms with Crippen LogP contribution in [0.15, 0.2) is 65.6 Å². The maximum absolute atomic E-state index is 13.5. The number of anilines is 2. The maximum Gasteiger partial charge on any atom is 0.264 e. The molecule has 8 heteroatoms. The number of halogens is 2.